The van der Waals surface area contributed by atoms with E-state index in [0.717, 1.165) is 29.5 Å². The van der Waals surface area contributed by atoms with E-state index >= 15 is 0 Å². The van der Waals surface area contributed by atoms with Crippen LogP contribution >= 0.6 is 0 Å². The molecule has 0 saturated heterocycles. The minimum absolute atomic E-state index is 0.199. The van der Waals surface area contributed by atoms with E-state index in [1.165, 1.54) is 18.9 Å². The van der Waals surface area contributed by atoms with Gasteiger partial charge in [0, 0.05) is 6.07 Å². The van der Waals surface area contributed by atoms with Crippen molar-refractivity contribution in [2.24, 2.45) is 0 Å². The first kappa shape index (κ1) is 15.8. The minimum atomic E-state index is 0.199. The van der Waals surface area contributed by atoms with Crippen LogP contribution in [0, 0.1) is 13.8 Å². The molecule has 0 radical (unpaired) electrons. The van der Waals surface area contributed by atoms with Crippen LogP contribution in [0.15, 0.2) is 6.07 Å². The molecule has 0 bridgehead atoms. The van der Waals surface area contributed by atoms with E-state index in [1.54, 1.807) is 0 Å². The number of aromatic hydroxyl groups is 2. The molecule has 1 rings (SSSR count). The highest BCUT2D eigenvalue weighted by molar-refractivity contribution is 5.50. The third kappa shape index (κ3) is 4.29. The smallest absolute Gasteiger partial charge is 0.122 e. The predicted octanol–water partition coefficient (Wildman–Crippen LogP) is 4.47. The average Bonchev–Trinajstić information content (AvgIpc) is 2.34. The van der Waals surface area contributed by atoms with Gasteiger partial charge in [-0.3, -0.25) is 0 Å². The maximum Gasteiger partial charge on any atom is 0.122 e. The Kier molecular flexibility index (Phi) is 7.44. The van der Waals surface area contributed by atoms with Gasteiger partial charge in [0.1, 0.15) is 11.5 Å². The Bertz CT molecular complexity index is 317. The van der Waals surface area contributed by atoms with E-state index in [1.807, 2.05) is 27.7 Å². The number of unbranched alkanes of at least 4 members (excludes halogenated alkanes) is 2. The summed E-state index contributed by atoms with van der Waals surface area (Å²) in [6.45, 7) is 9.98. The molecule has 2 nitrogen and oxygen atoms in total. The van der Waals surface area contributed by atoms with Crippen LogP contribution in [-0.2, 0) is 6.42 Å². The molecule has 0 aromatic heterocycles. The summed E-state index contributed by atoms with van der Waals surface area (Å²) < 4.78 is 0. The van der Waals surface area contributed by atoms with Crippen molar-refractivity contribution in [1.82, 2.24) is 0 Å². The Balaban J connectivity index is 0.00000121. The molecule has 2 N–H and O–H groups in total. The van der Waals surface area contributed by atoms with Gasteiger partial charge in [0.2, 0.25) is 0 Å². The molecule has 1 aromatic rings. The summed E-state index contributed by atoms with van der Waals surface area (Å²) in [5.74, 6) is 0.397. The Morgan fingerprint density at radius 2 is 1.41 bits per heavy atom. The van der Waals surface area contributed by atoms with Gasteiger partial charge in [0.15, 0.2) is 0 Å². The first-order valence-corrected chi connectivity index (χ1v) is 6.59. The van der Waals surface area contributed by atoms with Crippen molar-refractivity contribution in [2.75, 3.05) is 0 Å². The Morgan fingerprint density at radius 3 is 1.82 bits per heavy atom. The van der Waals surface area contributed by atoms with Crippen molar-refractivity contribution in [1.29, 1.82) is 0 Å². The number of benzene rings is 1. The Labute approximate surface area is 105 Å². The molecule has 2 heteroatoms. The highest BCUT2D eigenvalue weighted by atomic mass is 16.3. The van der Waals surface area contributed by atoms with Crippen molar-refractivity contribution in [3.8, 4) is 11.5 Å². The topological polar surface area (TPSA) is 40.5 Å². The fourth-order valence-corrected chi connectivity index (χ4v) is 1.86. The van der Waals surface area contributed by atoms with E-state index in [-0.39, 0.29) is 11.5 Å². The molecular weight excluding hydrogens is 212 g/mol. The second-order valence-corrected chi connectivity index (χ2v) is 4.10. The van der Waals surface area contributed by atoms with Gasteiger partial charge in [-0.2, -0.15) is 0 Å². The second-order valence-electron chi connectivity index (χ2n) is 4.10. The molecule has 0 heterocycles. The first-order chi connectivity index (χ1) is 8.07. The zero-order valence-electron chi connectivity index (χ0n) is 11.8. The maximum atomic E-state index is 9.60. The van der Waals surface area contributed by atoms with Crippen LogP contribution in [0.25, 0.3) is 0 Å². The van der Waals surface area contributed by atoms with Crippen LogP contribution in [0.2, 0.25) is 0 Å². The van der Waals surface area contributed by atoms with Crippen LogP contribution in [-0.4, -0.2) is 10.2 Å². The quantitative estimate of drug-likeness (QED) is 0.760. The summed E-state index contributed by atoms with van der Waals surface area (Å²) in [5.41, 5.74) is 2.91. The minimum Gasteiger partial charge on any atom is -0.508 e. The molecular formula is C15H26O2. The zero-order valence-corrected chi connectivity index (χ0v) is 11.8. The summed E-state index contributed by atoms with van der Waals surface area (Å²) in [6.07, 6.45) is 4.42. The standard InChI is InChI=1S/C13H20O2.C2H6/c1-4-5-6-7-11-9(2)12(14)8-13(15)10(11)3;1-2/h8,14-15H,4-7H2,1-3H3;1-2H3. The lowest BCUT2D eigenvalue weighted by atomic mass is 9.96. The van der Waals surface area contributed by atoms with Gasteiger partial charge < -0.3 is 10.2 Å². The van der Waals surface area contributed by atoms with Crippen molar-refractivity contribution < 1.29 is 10.2 Å². The van der Waals surface area contributed by atoms with Crippen molar-refractivity contribution in [2.45, 2.75) is 60.3 Å². The molecule has 17 heavy (non-hydrogen) atoms. The van der Waals surface area contributed by atoms with Crippen molar-refractivity contribution in [3.05, 3.63) is 22.8 Å². The normalized spacial score (nSPS) is 9.71. The zero-order chi connectivity index (χ0) is 13.4. The van der Waals surface area contributed by atoms with Crippen LogP contribution in [0.3, 0.4) is 0 Å². The van der Waals surface area contributed by atoms with Gasteiger partial charge in [-0.25, -0.2) is 0 Å². The summed E-state index contributed by atoms with van der Waals surface area (Å²) in [5, 5.41) is 19.2. The third-order valence-electron chi connectivity index (χ3n) is 2.98. The third-order valence-corrected chi connectivity index (χ3v) is 2.98. The van der Waals surface area contributed by atoms with Crippen molar-refractivity contribution in [3.63, 3.8) is 0 Å². The lowest BCUT2D eigenvalue weighted by Crippen LogP contribution is -1.95. The van der Waals surface area contributed by atoms with Gasteiger partial charge in [-0.05, 0) is 43.4 Å². The van der Waals surface area contributed by atoms with Gasteiger partial charge in [0.05, 0.1) is 0 Å². The van der Waals surface area contributed by atoms with E-state index in [4.69, 9.17) is 0 Å². The number of phenols is 2. The second kappa shape index (κ2) is 7.99. The molecule has 0 unspecified atom stereocenters. The Hall–Kier alpha value is -1.18. The molecule has 0 spiro atoms. The van der Waals surface area contributed by atoms with Crippen LogP contribution in [0.1, 0.15) is 56.7 Å². The molecule has 0 amide bonds. The number of hydrogen-bond acceptors (Lipinski definition) is 2. The van der Waals surface area contributed by atoms with Crippen LogP contribution < -0.4 is 0 Å². The van der Waals surface area contributed by atoms with E-state index in [2.05, 4.69) is 6.92 Å². The Morgan fingerprint density at radius 1 is 0.941 bits per heavy atom. The SMILES string of the molecule is CC.CCCCCc1c(C)c(O)cc(O)c1C. The lowest BCUT2D eigenvalue weighted by Gasteiger charge is -2.12. The number of hydrogen-bond donors (Lipinski definition) is 2. The van der Waals surface area contributed by atoms with Crippen LogP contribution in [0.5, 0.6) is 11.5 Å². The fraction of sp³-hybridized carbons (Fsp3) is 0.600. The largest absolute Gasteiger partial charge is 0.508 e. The van der Waals surface area contributed by atoms with Gasteiger partial charge in [0.25, 0.3) is 0 Å². The molecule has 0 aliphatic heterocycles. The summed E-state index contributed by atoms with van der Waals surface area (Å²) >= 11 is 0. The van der Waals surface area contributed by atoms with Gasteiger partial charge in [-0.1, -0.05) is 33.6 Å². The maximum absolute atomic E-state index is 9.60. The average molecular weight is 238 g/mol. The van der Waals surface area contributed by atoms with Crippen molar-refractivity contribution >= 4 is 0 Å². The van der Waals surface area contributed by atoms with Gasteiger partial charge in [-0.15, -0.1) is 0 Å². The monoisotopic (exact) mass is 238 g/mol. The summed E-state index contributed by atoms with van der Waals surface area (Å²) in [7, 11) is 0. The van der Waals surface area contributed by atoms with E-state index < -0.39 is 0 Å². The molecule has 0 atom stereocenters. The highest BCUT2D eigenvalue weighted by Gasteiger charge is 2.10. The fourth-order valence-electron chi connectivity index (χ4n) is 1.86. The lowest BCUT2D eigenvalue weighted by molar-refractivity contribution is 0.443. The number of phenolic OH excluding ortho intramolecular Hbond substituents is 2. The van der Waals surface area contributed by atoms with Gasteiger partial charge >= 0.3 is 0 Å². The molecule has 0 aliphatic carbocycles. The predicted molar refractivity (Wildman–Crippen MR) is 73.8 cm³/mol. The van der Waals surface area contributed by atoms with E-state index in [0.29, 0.717) is 0 Å². The summed E-state index contributed by atoms with van der Waals surface area (Å²) in [6, 6.07) is 1.42. The molecule has 0 fully saturated rings. The summed E-state index contributed by atoms with van der Waals surface area (Å²) in [4.78, 5) is 0. The first-order valence-electron chi connectivity index (χ1n) is 6.59. The highest BCUT2D eigenvalue weighted by Crippen LogP contribution is 2.32. The molecule has 98 valence electrons. The molecule has 0 saturated carbocycles. The number of rotatable bonds is 4. The molecule has 1 aromatic carbocycles. The van der Waals surface area contributed by atoms with E-state index in [9.17, 15) is 10.2 Å². The molecule has 0 aliphatic rings. The van der Waals surface area contributed by atoms with Crippen LogP contribution in [0.4, 0.5) is 0 Å².